The first-order valence-corrected chi connectivity index (χ1v) is 9.46. The maximum absolute atomic E-state index is 12.8. The molecule has 1 aromatic heterocycles. The van der Waals surface area contributed by atoms with Gasteiger partial charge in [0.1, 0.15) is 6.04 Å². The van der Waals surface area contributed by atoms with Crippen molar-refractivity contribution in [3.8, 4) is 0 Å². The number of carbonyl (C=O) groups is 2. The van der Waals surface area contributed by atoms with Gasteiger partial charge in [-0.3, -0.25) is 9.59 Å². The topological polar surface area (TPSA) is 90.9 Å². The zero-order valence-electron chi connectivity index (χ0n) is 13.1. The van der Waals surface area contributed by atoms with Crippen LogP contribution in [-0.4, -0.2) is 78.6 Å². The molecule has 2 aliphatic heterocycles. The van der Waals surface area contributed by atoms with Crippen LogP contribution in [0.2, 0.25) is 0 Å². The molecule has 10 heteroatoms. The number of nitrogens with zero attached hydrogens (tertiary/aromatic N) is 4. The van der Waals surface area contributed by atoms with E-state index >= 15 is 0 Å². The van der Waals surface area contributed by atoms with Crippen molar-refractivity contribution in [2.75, 3.05) is 33.2 Å². The van der Waals surface area contributed by atoms with Crippen LogP contribution in [0, 0.1) is 13.8 Å². The second kappa shape index (κ2) is 5.53. The van der Waals surface area contributed by atoms with E-state index in [1.807, 2.05) is 0 Å². The minimum atomic E-state index is -3.70. The Morgan fingerprint density at radius 2 is 1.91 bits per heavy atom. The number of piperazine rings is 2. The molecule has 0 spiro atoms. The maximum atomic E-state index is 12.8. The van der Waals surface area contributed by atoms with E-state index in [0.717, 1.165) is 11.3 Å². The van der Waals surface area contributed by atoms with Gasteiger partial charge >= 0.3 is 0 Å². The van der Waals surface area contributed by atoms with Crippen molar-refractivity contribution in [3.63, 3.8) is 0 Å². The van der Waals surface area contributed by atoms with E-state index in [1.54, 1.807) is 20.9 Å². The first kappa shape index (κ1) is 16.3. The monoisotopic (exact) mass is 358 g/mol. The second-order valence-corrected chi connectivity index (χ2v) is 9.10. The summed E-state index contributed by atoms with van der Waals surface area (Å²) in [6.07, 6.45) is 0. The molecular weight excluding hydrogens is 340 g/mol. The molecule has 2 aliphatic rings. The summed E-state index contributed by atoms with van der Waals surface area (Å²) < 4.78 is 27.2. The van der Waals surface area contributed by atoms with Crippen molar-refractivity contribution in [2.45, 2.75) is 24.1 Å². The summed E-state index contributed by atoms with van der Waals surface area (Å²) in [4.78, 5) is 31.3. The SMILES string of the molecule is Cc1nc(C)c(S(=O)(=O)N2CCN3C(=O)CN(C)C(=O)[C@H]3C2)s1. The van der Waals surface area contributed by atoms with Crippen molar-refractivity contribution in [1.82, 2.24) is 19.1 Å². The first-order valence-electron chi connectivity index (χ1n) is 7.20. The molecule has 1 aromatic rings. The lowest BCUT2D eigenvalue weighted by molar-refractivity contribution is -0.156. The van der Waals surface area contributed by atoms with Gasteiger partial charge in [0.2, 0.25) is 11.8 Å². The normalized spacial score (nSPS) is 23.3. The van der Waals surface area contributed by atoms with Gasteiger partial charge in [0.25, 0.3) is 10.0 Å². The van der Waals surface area contributed by atoms with E-state index in [1.165, 1.54) is 14.1 Å². The molecule has 0 saturated carbocycles. The Hall–Kier alpha value is -1.52. The minimum absolute atomic E-state index is 0.00632. The van der Waals surface area contributed by atoms with Crippen LogP contribution in [0.25, 0.3) is 0 Å². The third-order valence-corrected chi connectivity index (χ3v) is 7.66. The number of sulfonamides is 1. The minimum Gasteiger partial charge on any atom is -0.335 e. The number of hydrogen-bond acceptors (Lipinski definition) is 6. The van der Waals surface area contributed by atoms with Crippen LogP contribution < -0.4 is 0 Å². The summed E-state index contributed by atoms with van der Waals surface area (Å²) in [5.74, 6) is -0.360. The number of aromatic nitrogens is 1. The summed E-state index contributed by atoms with van der Waals surface area (Å²) in [6, 6.07) is -0.737. The Morgan fingerprint density at radius 1 is 1.22 bits per heavy atom. The Balaban J connectivity index is 1.90. The van der Waals surface area contributed by atoms with Crippen LogP contribution >= 0.6 is 11.3 Å². The van der Waals surface area contributed by atoms with Gasteiger partial charge in [-0.25, -0.2) is 13.4 Å². The summed E-state index contributed by atoms with van der Waals surface area (Å²) in [7, 11) is -2.14. The quantitative estimate of drug-likeness (QED) is 0.706. The van der Waals surface area contributed by atoms with Gasteiger partial charge in [0.05, 0.1) is 17.2 Å². The highest BCUT2D eigenvalue weighted by Crippen LogP contribution is 2.28. The fourth-order valence-electron chi connectivity index (χ4n) is 2.98. The van der Waals surface area contributed by atoms with Crippen LogP contribution in [0.4, 0.5) is 0 Å². The van der Waals surface area contributed by atoms with Gasteiger partial charge in [0, 0.05) is 26.7 Å². The molecule has 2 saturated heterocycles. The molecule has 23 heavy (non-hydrogen) atoms. The van der Waals surface area contributed by atoms with Crippen molar-refractivity contribution in [1.29, 1.82) is 0 Å². The molecule has 3 rings (SSSR count). The zero-order valence-corrected chi connectivity index (χ0v) is 14.8. The summed E-state index contributed by atoms with van der Waals surface area (Å²) >= 11 is 1.13. The largest absolute Gasteiger partial charge is 0.335 e. The standard InChI is InChI=1S/C13H18N4O4S2/c1-8-13(22-9(2)14-8)23(20,21)16-4-5-17-10(6-16)12(19)15(3)7-11(17)18/h10H,4-7H2,1-3H3/t10-/m1/s1. The van der Waals surface area contributed by atoms with Gasteiger partial charge in [-0.05, 0) is 13.8 Å². The van der Waals surface area contributed by atoms with E-state index in [4.69, 9.17) is 0 Å². The average molecular weight is 358 g/mol. The van der Waals surface area contributed by atoms with E-state index in [-0.39, 0.29) is 42.2 Å². The van der Waals surface area contributed by atoms with Crippen molar-refractivity contribution < 1.29 is 18.0 Å². The highest BCUT2D eigenvalue weighted by molar-refractivity contribution is 7.91. The van der Waals surface area contributed by atoms with Crippen molar-refractivity contribution >= 4 is 33.2 Å². The third-order valence-electron chi connectivity index (χ3n) is 4.13. The van der Waals surface area contributed by atoms with Crippen LogP contribution in [0.1, 0.15) is 10.7 Å². The predicted octanol–water partition coefficient (Wildman–Crippen LogP) is -0.567. The fraction of sp³-hybridized carbons (Fsp3) is 0.615. The lowest BCUT2D eigenvalue weighted by Crippen LogP contribution is -2.66. The lowest BCUT2D eigenvalue weighted by Gasteiger charge is -2.44. The Kier molecular flexibility index (Phi) is 3.93. The molecule has 0 unspecified atom stereocenters. The number of amides is 2. The van der Waals surface area contributed by atoms with Gasteiger partial charge in [-0.2, -0.15) is 4.31 Å². The predicted molar refractivity (Wildman–Crippen MR) is 83.5 cm³/mol. The van der Waals surface area contributed by atoms with E-state index in [9.17, 15) is 18.0 Å². The first-order chi connectivity index (χ1) is 10.7. The van der Waals surface area contributed by atoms with E-state index in [2.05, 4.69) is 4.98 Å². The van der Waals surface area contributed by atoms with Crippen LogP contribution in [0.5, 0.6) is 0 Å². The lowest BCUT2D eigenvalue weighted by atomic mass is 10.1. The molecule has 0 N–H and O–H groups in total. The molecule has 2 fully saturated rings. The molecule has 1 atom stereocenters. The van der Waals surface area contributed by atoms with Gasteiger partial charge < -0.3 is 9.80 Å². The smallest absolute Gasteiger partial charge is 0.254 e. The molecule has 0 aliphatic carbocycles. The van der Waals surface area contributed by atoms with Gasteiger partial charge in [0.15, 0.2) is 4.21 Å². The van der Waals surface area contributed by atoms with Crippen molar-refractivity contribution in [2.24, 2.45) is 0 Å². The summed E-state index contributed by atoms with van der Waals surface area (Å²) in [6.45, 7) is 3.89. The Morgan fingerprint density at radius 3 is 2.52 bits per heavy atom. The van der Waals surface area contributed by atoms with Gasteiger partial charge in [-0.1, -0.05) is 0 Å². The van der Waals surface area contributed by atoms with Gasteiger partial charge in [-0.15, -0.1) is 11.3 Å². The molecule has 8 nitrogen and oxygen atoms in total. The highest BCUT2D eigenvalue weighted by Gasteiger charge is 2.44. The number of likely N-dealkylation sites (N-methyl/N-ethyl adjacent to an activating group) is 1. The molecular formula is C13H18N4O4S2. The molecule has 0 bridgehead atoms. The molecule has 126 valence electrons. The Bertz CT molecular complexity index is 773. The van der Waals surface area contributed by atoms with Crippen LogP contribution in [0.15, 0.2) is 4.21 Å². The highest BCUT2D eigenvalue weighted by atomic mass is 32.2. The van der Waals surface area contributed by atoms with Crippen molar-refractivity contribution in [3.05, 3.63) is 10.7 Å². The molecule has 2 amide bonds. The second-order valence-electron chi connectivity index (χ2n) is 5.77. The molecule has 0 radical (unpaired) electrons. The number of aryl methyl sites for hydroxylation is 2. The Labute approximate surface area is 138 Å². The number of rotatable bonds is 2. The van der Waals surface area contributed by atoms with E-state index < -0.39 is 16.1 Å². The molecule has 0 aromatic carbocycles. The fourth-order valence-corrected chi connectivity index (χ4v) is 6.04. The number of thiazole rings is 1. The number of carbonyl (C=O) groups excluding carboxylic acids is 2. The number of hydrogen-bond donors (Lipinski definition) is 0. The van der Waals surface area contributed by atoms with E-state index in [0.29, 0.717) is 10.7 Å². The summed E-state index contributed by atoms with van der Waals surface area (Å²) in [5.41, 5.74) is 0.470. The maximum Gasteiger partial charge on any atom is 0.254 e. The van der Waals surface area contributed by atoms with Crippen LogP contribution in [0.3, 0.4) is 0 Å². The third kappa shape index (κ3) is 2.64. The average Bonchev–Trinajstić information content (AvgIpc) is 2.84. The van der Waals surface area contributed by atoms with Crippen LogP contribution in [-0.2, 0) is 19.6 Å². The molecule has 3 heterocycles. The number of fused-ring (bicyclic) bond motifs is 1. The summed E-state index contributed by atoms with van der Waals surface area (Å²) in [5, 5.41) is 0.684. The zero-order chi connectivity index (χ0) is 16.9.